The summed E-state index contributed by atoms with van der Waals surface area (Å²) in [5, 5.41) is 12.9. The van der Waals surface area contributed by atoms with E-state index >= 15 is 0 Å². The van der Waals surface area contributed by atoms with E-state index < -0.39 is 0 Å². The van der Waals surface area contributed by atoms with Crippen LogP contribution in [0, 0.1) is 5.92 Å². The van der Waals surface area contributed by atoms with Crippen LogP contribution in [-0.4, -0.2) is 35.8 Å². The summed E-state index contributed by atoms with van der Waals surface area (Å²) in [5.74, 6) is 3.21. The fourth-order valence-corrected chi connectivity index (χ4v) is 3.60. The van der Waals surface area contributed by atoms with Gasteiger partial charge in [-0.25, -0.2) is 0 Å². The third-order valence-corrected chi connectivity index (χ3v) is 4.92. The van der Waals surface area contributed by atoms with Gasteiger partial charge in [0.25, 0.3) is 0 Å². The first-order valence-electron chi connectivity index (χ1n) is 6.16. The third-order valence-electron chi connectivity index (χ3n) is 3.70. The van der Waals surface area contributed by atoms with E-state index in [-0.39, 0.29) is 5.54 Å². The van der Waals surface area contributed by atoms with Gasteiger partial charge < -0.3 is 10.4 Å². The van der Waals surface area contributed by atoms with Gasteiger partial charge in [0, 0.05) is 5.54 Å². The van der Waals surface area contributed by atoms with Crippen LogP contribution in [0.5, 0.6) is 0 Å². The molecule has 0 spiro atoms. The molecule has 0 aromatic rings. The van der Waals surface area contributed by atoms with Gasteiger partial charge in [-0.2, -0.15) is 11.8 Å². The van der Waals surface area contributed by atoms with E-state index in [1.165, 1.54) is 37.2 Å². The maximum absolute atomic E-state index is 9.52. The summed E-state index contributed by atoms with van der Waals surface area (Å²) in [6.07, 6.45) is 6.22. The second kappa shape index (κ2) is 6.77. The molecule has 0 saturated heterocycles. The summed E-state index contributed by atoms with van der Waals surface area (Å²) in [5.41, 5.74) is 0.0345. The number of likely N-dealkylation sites (N-methyl/N-ethyl adjacent to an activating group) is 1. The van der Waals surface area contributed by atoms with Crippen molar-refractivity contribution in [3.05, 3.63) is 0 Å². The van der Waals surface area contributed by atoms with E-state index in [0.717, 1.165) is 6.42 Å². The van der Waals surface area contributed by atoms with Gasteiger partial charge >= 0.3 is 0 Å². The Balaban J connectivity index is 2.32. The Morgan fingerprint density at radius 1 is 1.47 bits per heavy atom. The third kappa shape index (κ3) is 3.36. The van der Waals surface area contributed by atoms with Crippen molar-refractivity contribution < 1.29 is 5.11 Å². The van der Waals surface area contributed by atoms with Crippen LogP contribution in [0.1, 0.15) is 39.0 Å². The van der Waals surface area contributed by atoms with Crippen LogP contribution in [-0.2, 0) is 0 Å². The summed E-state index contributed by atoms with van der Waals surface area (Å²) in [6, 6.07) is 0. The van der Waals surface area contributed by atoms with Crippen LogP contribution in [0.25, 0.3) is 0 Å². The van der Waals surface area contributed by atoms with Crippen molar-refractivity contribution in [3.8, 4) is 0 Å². The molecular weight excluding hydrogens is 206 g/mol. The average molecular weight is 231 g/mol. The average Bonchev–Trinajstić information content (AvgIpc) is 2.68. The van der Waals surface area contributed by atoms with Crippen molar-refractivity contribution in [1.29, 1.82) is 0 Å². The minimum Gasteiger partial charge on any atom is -0.394 e. The minimum absolute atomic E-state index is 0.0345. The topological polar surface area (TPSA) is 32.3 Å². The van der Waals surface area contributed by atoms with Crippen LogP contribution >= 0.6 is 11.8 Å². The van der Waals surface area contributed by atoms with Crippen LogP contribution in [0.3, 0.4) is 0 Å². The molecule has 2 unspecified atom stereocenters. The van der Waals surface area contributed by atoms with Crippen molar-refractivity contribution in [1.82, 2.24) is 5.32 Å². The normalized spacial score (nSPS) is 31.0. The van der Waals surface area contributed by atoms with E-state index in [2.05, 4.69) is 24.0 Å². The Labute approximate surface area is 98.2 Å². The fraction of sp³-hybridized carbons (Fsp3) is 1.00. The largest absolute Gasteiger partial charge is 0.394 e. The Morgan fingerprint density at radius 2 is 2.27 bits per heavy atom. The van der Waals surface area contributed by atoms with E-state index in [1.54, 1.807) is 0 Å². The monoisotopic (exact) mass is 231 g/mol. The number of rotatable bonds is 7. The van der Waals surface area contributed by atoms with E-state index in [9.17, 15) is 5.11 Å². The molecule has 1 aliphatic rings. The fourth-order valence-electron chi connectivity index (χ4n) is 2.65. The predicted molar refractivity (Wildman–Crippen MR) is 68.5 cm³/mol. The summed E-state index contributed by atoms with van der Waals surface area (Å²) in [6.45, 7) is 2.53. The van der Waals surface area contributed by atoms with E-state index in [1.807, 2.05) is 7.05 Å². The summed E-state index contributed by atoms with van der Waals surface area (Å²) in [4.78, 5) is 0. The van der Waals surface area contributed by atoms with Crippen LogP contribution in [0.15, 0.2) is 0 Å². The van der Waals surface area contributed by atoms with Crippen molar-refractivity contribution in [2.24, 2.45) is 5.92 Å². The molecular formula is C12H25NOS. The molecule has 2 nitrogen and oxygen atoms in total. The quantitative estimate of drug-likeness (QED) is 0.659. The first kappa shape index (κ1) is 13.3. The number of thioether (sulfide) groups is 1. The summed E-state index contributed by atoms with van der Waals surface area (Å²) in [7, 11) is 1.99. The predicted octanol–water partition coefficient (Wildman–Crippen LogP) is 2.27. The summed E-state index contributed by atoms with van der Waals surface area (Å²) >= 11 is 2.05. The highest BCUT2D eigenvalue weighted by Gasteiger charge is 2.40. The molecule has 1 saturated carbocycles. The molecule has 0 amide bonds. The van der Waals surface area contributed by atoms with Crippen molar-refractivity contribution in [3.63, 3.8) is 0 Å². The first-order chi connectivity index (χ1) is 7.29. The number of nitrogens with one attached hydrogen (secondary N) is 1. The second-order valence-corrected chi connectivity index (χ2v) is 5.78. The highest BCUT2D eigenvalue weighted by Crippen LogP contribution is 2.38. The smallest absolute Gasteiger partial charge is 0.0615 e. The van der Waals surface area contributed by atoms with Gasteiger partial charge in [0.1, 0.15) is 0 Å². The molecule has 0 bridgehead atoms. The second-order valence-electron chi connectivity index (χ2n) is 4.55. The number of hydrogen-bond donors (Lipinski definition) is 2. The van der Waals surface area contributed by atoms with Crippen molar-refractivity contribution in [2.75, 3.05) is 25.2 Å². The van der Waals surface area contributed by atoms with Crippen LogP contribution in [0.4, 0.5) is 0 Å². The van der Waals surface area contributed by atoms with Gasteiger partial charge in [-0.1, -0.05) is 13.3 Å². The Kier molecular flexibility index (Phi) is 6.02. The van der Waals surface area contributed by atoms with E-state index in [4.69, 9.17) is 0 Å². The van der Waals surface area contributed by atoms with Gasteiger partial charge in [0.15, 0.2) is 0 Å². The first-order valence-corrected chi connectivity index (χ1v) is 7.32. The molecule has 1 fully saturated rings. The van der Waals surface area contributed by atoms with Gasteiger partial charge in [-0.15, -0.1) is 0 Å². The lowest BCUT2D eigenvalue weighted by Gasteiger charge is -2.33. The zero-order chi connectivity index (χ0) is 11.1. The number of aliphatic hydroxyl groups excluding tert-OH is 1. The molecule has 0 aromatic carbocycles. The molecule has 2 atom stereocenters. The number of hydrogen-bond acceptors (Lipinski definition) is 3. The maximum atomic E-state index is 9.52. The van der Waals surface area contributed by atoms with Gasteiger partial charge in [0.2, 0.25) is 0 Å². The summed E-state index contributed by atoms with van der Waals surface area (Å²) < 4.78 is 0. The molecule has 0 heterocycles. The zero-order valence-corrected chi connectivity index (χ0v) is 10.9. The molecule has 2 N–H and O–H groups in total. The molecule has 90 valence electrons. The van der Waals surface area contributed by atoms with Crippen molar-refractivity contribution in [2.45, 2.75) is 44.6 Å². The zero-order valence-electron chi connectivity index (χ0n) is 10.1. The minimum atomic E-state index is 0.0345. The Bertz CT molecular complexity index is 171. The van der Waals surface area contributed by atoms with Gasteiger partial charge in [-0.05, 0) is 50.2 Å². The standard InChI is InChI=1S/C12H25NOS/c1-3-8-15-9-6-11-5-4-7-12(11,10-14)13-2/h11,13-14H,3-10H2,1-2H3. The SMILES string of the molecule is CCCSCCC1CCCC1(CO)NC. The highest BCUT2D eigenvalue weighted by molar-refractivity contribution is 7.99. The number of aliphatic hydroxyl groups is 1. The molecule has 0 radical (unpaired) electrons. The molecule has 3 heteroatoms. The molecule has 0 aliphatic heterocycles. The van der Waals surface area contributed by atoms with E-state index in [0.29, 0.717) is 12.5 Å². The molecule has 1 rings (SSSR count). The van der Waals surface area contributed by atoms with Crippen LogP contribution < -0.4 is 5.32 Å². The molecule has 15 heavy (non-hydrogen) atoms. The maximum Gasteiger partial charge on any atom is 0.0615 e. The Morgan fingerprint density at radius 3 is 2.87 bits per heavy atom. The highest BCUT2D eigenvalue weighted by atomic mass is 32.2. The molecule has 0 aromatic heterocycles. The Hall–Kier alpha value is 0.270. The van der Waals surface area contributed by atoms with Crippen LogP contribution in [0.2, 0.25) is 0 Å². The lowest BCUT2D eigenvalue weighted by molar-refractivity contribution is 0.130. The van der Waals surface area contributed by atoms with Gasteiger partial charge in [0.05, 0.1) is 6.61 Å². The molecule has 1 aliphatic carbocycles. The van der Waals surface area contributed by atoms with Crippen molar-refractivity contribution >= 4 is 11.8 Å². The lowest BCUT2D eigenvalue weighted by atomic mass is 9.86. The lowest BCUT2D eigenvalue weighted by Crippen LogP contribution is -2.49. The van der Waals surface area contributed by atoms with Gasteiger partial charge in [-0.3, -0.25) is 0 Å².